The summed E-state index contributed by atoms with van der Waals surface area (Å²) in [6.07, 6.45) is 2.78. The lowest BCUT2D eigenvalue weighted by Crippen LogP contribution is -2.42. The van der Waals surface area contributed by atoms with Crippen LogP contribution in [0.5, 0.6) is 0 Å². The lowest BCUT2D eigenvalue weighted by molar-refractivity contribution is -0.130. The van der Waals surface area contributed by atoms with Crippen molar-refractivity contribution in [3.8, 4) is 0 Å². The van der Waals surface area contributed by atoms with Gasteiger partial charge in [-0.1, -0.05) is 19.1 Å². The average Bonchev–Trinajstić information content (AvgIpc) is 3.09. The fourth-order valence-corrected chi connectivity index (χ4v) is 3.61. The van der Waals surface area contributed by atoms with Gasteiger partial charge < -0.3 is 15.0 Å². The average molecular weight is 380 g/mol. The number of fused-ring (bicyclic) bond motifs is 2. The van der Waals surface area contributed by atoms with Crippen LogP contribution in [0.2, 0.25) is 0 Å². The minimum atomic E-state index is -0.826. The first kappa shape index (κ1) is 18.2. The standard InChI is InChI=1S/C22H21FN2O3/c1-2-13-3-5-17-15(9-13)10-20(28-22(17)27)21(26)24-8-7-14-12-25-19-6-4-16(23)11-18(14)19/h3-6,9,11-12,20,25H,2,7-8,10H2,1H3,(H,24,26). The van der Waals surface area contributed by atoms with Crippen LogP contribution >= 0.6 is 0 Å². The van der Waals surface area contributed by atoms with Crippen molar-refractivity contribution >= 4 is 22.8 Å². The van der Waals surface area contributed by atoms with Crippen LogP contribution in [0.3, 0.4) is 0 Å². The molecule has 2 aromatic carbocycles. The van der Waals surface area contributed by atoms with Gasteiger partial charge in [0.05, 0.1) is 5.56 Å². The number of amides is 1. The first-order valence-electron chi connectivity index (χ1n) is 9.41. The van der Waals surface area contributed by atoms with E-state index in [4.69, 9.17) is 4.74 Å². The number of H-pyrrole nitrogens is 1. The molecule has 2 N–H and O–H groups in total. The number of rotatable bonds is 5. The van der Waals surface area contributed by atoms with Crippen molar-refractivity contribution in [2.75, 3.05) is 6.54 Å². The van der Waals surface area contributed by atoms with Gasteiger partial charge in [0.15, 0.2) is 6.10 Å². The topological polar surface area (TPSA) is 71.2 Å². The highest BCUT2D eigenvalue weighted by Crippen LogP contribution is 2.23. The molecule has 1 aliphatic heterocycles. The quantitative estimate of drug-likeness (QED) is 0.667. The van der Waals surface area contributed by atoms with Gasteiger partial charge in [0.25, 0.3) is 5.91 Å². The van der Waals surface area contributed by atoms with Gasteiger partial charge in [-0.2, -0.15) is 0 Å². The number of carbonyl (C=O) groups is 2. The molecule has 0 fully saturated rings. The fourth-order valence-electron chi connectivity index (χ4n) is 3.61. The van der Waals surface area contributed by atoms with Crippen molar-refractivity contribution < 1.29 is 18.7 Å². The Labute approximate surface area is 161 Å². The molecule has 0 spiro atoms. The highest BCUT2D eigenvalue weighted by Gasteiger charge is 2.31. The molecule has 0 radical (unpaired) electrons. The van der Waals surface area contributed by atoms with E-state index in [1.807, 2.05) is 25.3 Å². The molecule has 1 aromatic heterocycles. The van der Waals surface area contributed by atoms with Crippen LogP contribution in [0.4, 0.5) is 4.39 Å². The zero-order valence-corrected chi connectivity index (χ0v) is 15.5. The van der Waals surface area contributed by atoms with Crippen molar-refractivity contribution in [3.05, 3.63) is 70.7 Å². The summed E-state index contributed by atoms with van der Waals surface area (Å²) >= 11 is 0. The van der Waals surface area contributed by atoms with Crippen LogP contribution in [0.15, 0.2) is 42.6 Å². The van der Waals surface area contributed by atoms with Crippen molar-refractivity contribution in [3.63, 3.8) is 0 Å². The molecule has 1 amide bonds. The summed E-state index contributed by atoms with van der Waals surface area (Å²) in [5, 5.41) is 3.63. The largest absolute Gasteiger partial charge is 0.448 e. The number of nitrogens with one attached hydrogen (secondary N) is 2. The third-order valence-corrected chi connectivity index (χ3v) is 5.17. The lowest BCUT2D eigenvalue weighted by atomic mass is 9.95. The molecule has 1 unspecified atom stereocenters. The van der Waals surface area contributed by atoms with E-state index in [0.29, 0.717) is 24.9 Å². The van der Waals surface area contributed by atoms with E-state index in [-0.39, 0.29) is 11.7 Å². The summed E-state index contributed by atoms with van der Waals surface area (Å²) in [4.78, 5) is 27.8. The monoisotopic (exact) mass is 380 g/mol. The SMILES string of the molecule is CCc1ccc2c(c1)CC(C(=O)NCCc1c[nH]c3ccc(F)cc13)OC2=O. The molecule has 5 nitrogen and oxygen atoms in total. The number of hydrogen-bond donors (Lipinski definition) is 2. The van der Waals surface area contributed by atoms with E-state index >= 15 is 0 Å². The van der Waals surface area contributed by atoms with Gasteiger partial charge in [-0.15, -0.1) is 0 Å². The van der Waals surface area contributed by atoms with Crippen molar-refractivity contribution in [2.45, 2.75) is 32.3 Å². The van der Waals surface area contributed by atoms with E-state index in [2.05, 4.69) is 10.3 Å². The third kappa shape index (κ3) is 3.50. The number of halogens is 1. The Morgan fingerprint density at radius 2 is 2.14 bits per heavy atom. The first-order valence-corrected chi connectivity index (χ1v) is 9.41. The lowest BCUT2D eigenvalue weighted by Gasteiger charge is -2.24. The van der Waals surface area contributed by atoms with Crippen molar-refractivity contribution in [1.82, 2.24) is 10.3 Å². The van der Waals surface area contributed by atoms with Gasteiger partial charge in [-0.3, -0.25) is 4.79 Å². The molecule has 144 valence electrons. The molecule has 4 rings (SSSR count). The molecule has 0 saturated heterocycles. The smallest absolute Gasteiger partial charge is 0.339 e. The summed E-state index contributed by atoms with van der Waals surface area (Å²) in [5.41, 5.74) is 4.28. The summed E-state index contributed by atoms with van der Waals surface area (Å²) < 4.78 is 18.8. The summed E-state index contributed by atoms with van der Waals surface area (Å²) in [6, 6.07) is 10.2. The van der Waals surface area contributed by atoms with Gasteiger partial charge in [0, 0.05) is 30.1 Å². The van der Waals surface area contributed by atoms with Gasteiger partial charge >= 0.3 is 5.97 Å². The third-order valence-electron chi connectivity index (χ3n) is 5.17. The van der Waals surface area contributed by atoms with Crippen LogP contribution in [-0.4, -0.2) is 29.5 Å². The van der Waals surface area contributed by atoms with Crippen LogP contribution in [-0.2, 0) is 28.8 Å². The number of aryl methyl sites for hydroxylation is 1. The number of esters is 1. The summed E-state index contributed by atoms with van der Waals surface area (Å²) in [6.45, 7) is 2.42. The zero-order chi connectivity index (χ0) is 19.7. The Morgan fingerprint density at radius 1 is 1.29 bits per heavy atom. The van der Waals surface area contributed by atoms with E-state index in [9.17, 15) is 14.0 Å². The second-order valence-electron chi connectivity index (χ2n) is 6.99. The van der Waals surface area contributed by atoms with Crippen molar-refractivity contribution in [1.29, 1.82) is 0 Å². The normalized spacial score (nSPS) is 15.9. The maximum Gasteiger partial charge on any atom is 0.339 e. The predicted octanol–water partition coefficient (Wildman–Crippen LogP) is 3.31. The second-order valence-corrected chi connectivity index (χ2v) is 6.99. The van der Waals surface area contributed by atoms with Crippen LogP contribution in [0, 0.1) is 5.82 Å². The minimum Gasteiger partial charge on any atom is -0.448 e. The number of carbonyl (C=O) groups excluding carboxylic acids is 2. The van der Waals surface area contributed by atoms with Crippen LogP contribution in [0.25, 0.3) is 10.9 Å². The van der Waals surface area contributed by atoms with Gasteiger partial charge in [0.2, 0.25) is 0 Å². The van der Waals surface area contributed by atoms with Crippen LogP contribution in [0.1, 0.15) is 34.0 Å². The maximum atomic E-state index is 13.5. The van der Waals surface area contributed by atoms with E-state index in [1.54, 1.807) is 12.1 Å². The molecule has 1 atom stereocenters. The maximum absolute atomic E-state index is 13.5. The highest BCUT2D eigenvalue weighted by atomic mass is 19.1. The van der Waals surface area contributed by atoms with E-state index in [1.165, 1.54) is 12.1 Å². The number of aromatic amines is 1. The number of cyclic esters (lactones) is 1. The molecule has 6 heteroatoms. The van der Waals surface area contributed by atoms with E-state index < -0.39 is 12.1 Å². The molecule has 28 heavy (non-hydrogen) atoms. The molecule has 0 aliphatic carbocycles. The molecular formula is C22H21FN2O3. The Balaban J connectivity index is 1.40. The Morgan fingerprint density at radius 3 is 2.96 bits per heavy atom. The first-order chi connectivity index (χ1) is 13.5. The van der Waals surface area contributed by atoms with E-state index in [0.717, 1.165) is 34.0 Å². The Bertz CT molecular complexity index is 1060. The van der Waals surface area contributed by atoms with Gasteiger partial charge in [0.1, 0.15) is 5.82 Å². The highest BCUT2D eigenvalue weighted by molar-refractivity contribution is 5.96. The molecule has 2 heterocycles. The Hall–Kier alpha value is -3.15. The van der Waals surface area contributed by atoms with Gasteiger partial charge in [-0.25, -0.2) is 9.18 Å². The second kappa shape index (κ2) is 7.46. The summed E-state index contributed by atoms with van der Waals surface area (Å²) in [7, 11) is 0. The molecule has 0 saturated carbocycles. The number of aromatic nitrogens is 1. The fraction of sp³-hybridized carbons (Fsp3) is 0.273. The van der Waals surface area contributed by atoms with Crippen molar-refractivity contribution in [2.24, 2.45) is 0 Å². The van der Waals surface area contributed by atoms with Crippen LogP contribution < -0.4 is 5.32 Å². The van der Waals surface area contributed by atoms with Gasteiger partial charge in [-0.05, 0) is 53.8 Å². The predicted molar refractivity (Wildman–Crippen MR) is 104 cm³/mol. The molecule has 0 bridgehead atoms. The molecule has 3 aromatic rings. The summed E-state index contributed by atoms with van der Waals surface area (Å²) in [5.74, 6) is -1.07. The Kier molecular flexibility index (Phi) is 4.86. The number of benzene rings is 2. The number of hydrogen-bond acceptors (Lipinski definition) is 3. The number of ether oxygens (including phenoxy) is 1. The zero-order valence-electron chi connectivity index (χ0n) is 15.5. The molecular weight excluding hydrogens is 359 g/mol. The molecule has 1 aliphatic rings. The minimum absolute atomic E-state index is 0.295.